The maximum atomic E-state index is 10.4. The van der Waals surface area contributed by atoms with E-state index in [0.717, 1.165) is 12.8 Å². The quantitative estimate of drug-likeness (QED) is 0.694. The summed E-state index contributed by atoms with van der Waals surface area (Å²) in [5, 5.41) is 26.2. The molecule has 1 aromatic carbocycles. The molecule has 0 saturated heterocycles. The van der Waals surface area contributed by atoms with Gasteiger partial charge in [0.2, 0.25) is 0 Å². The third-order valence-corrected chi connectivity index (χ3v) is 2.96. The number of rotatable bonds is 6. The van der Waals surface area contributed by atoms with Crippen LogP contribution in [0.4, 0.5) is 0 Å². The first-order valence-corrected chi connectivity index (χ1v) is 7.32. The first kappa shape index (κ1) is 20.7. The second-order valence-corrected chi connectivity index (χ2v) is 5.24. The molecule has 0 amide bonds. The predicted octanol–water partition coefficient (Wildman–Crippen LogP) is 3.77. The molecule has 0 atom stereocenters. The number of aromatic hydroxyl groups is 1. The number of methoxy groups -OCH3 is 1. The summed E-state index contributed by atoms with van der Waals surface area (Å²) in [6.45, 7) is 6.42. The number of aliphatic hydroxyl groups excluding tert-OH is 1. The van der Waals surface area contributed by atoms with E-state index in [4.69, 9.17) is 20.1 Å². The van der Waals surface area contributed by atoms with Crippen molar-refractivity contribution >= 4 is 5.97 Å². The van der Waals surface area contributed by atoms with E-state index in [-0.39, 0.29) is 23.7 Å². The Morgan fingerprint density at radius 1 is 1.22 bits per heavy atom. The number of ether oxygens (including phenoxy) is 1. The van der Waals surface area contributed by atoms with Crippen LogP contribution in [0, 0.1) is 0 Å². The summed E-state index contributed by atoms with van der Waals surface area (Å²) in [5.74, 6) is -0.953. The van der Waals surface area contributed by atoms with Crippen LogP contribution in [-0.4, -0.2) is 35.0 Å². The zero-order chi connectivity index (χ0) is 17.8. The topological polar surface area (TPSA) is 87.0 Å². The van der Waals surface area contributed by atoms with Gasteiger partial charge in [0.15, 0.2) is 11.5 Å². The Hall–Kier alpha value is -2.27. The molecule has 0 heterocycles. The highest BCUT2D eigenvalue weighted by atomic mass is 16.5. The highest BCUT2D eigenvalue weighted by Gasteiger charge is 2.06. The molecule has 0 aromatic heterocycles. The first-order valence-electron chi connectivity index (χ1n) is 7.32. The molecule has 1 aromatic rings. The molecular formula is C18H26O5. The van der Waals surface area contributed by atoms with Crippen LogP contribution in [0.15, 0.2) is 41.5 Å². The Labute approximate surface area is 137 Å². The van der Waals surface area contributed by atoms with Crippen LogP contribution >= 0.6 is 0 Å². The fourth-order valence-corrected chi connectivity index (χ4v) is 1.66. The number of aliphatic hydroxyl groups is 1. The van der Waals surface area contributed by atoms with Crippen LogP contribution in [-0.2, 0) is 0 Å². The monoisotopic (exact) mass is 322 g/mol. The number of hydrogen-bond acceptors (Lipinski definition) is 4. The number of phenolic OH excluding ortho intramolecular Hbond substituents is 1. The van der Waals surface area contributed by atoms with E-state index in [0.29, 0.717) is 0 Å². The van der Waals surface area contributed by atoms with Gasteiger partial charge in [-0.05, 0) is 51.8 Å². The average Bonchev–Trinajstić information content (AvgIpc) is 2.48. The van der Waals surface area contributed by atoms with E-state index >= 15 is 0 Å². The third kappa shape index (κ3) is 9.37. The van der Waals surface area contributed by atoms with Crippen molar-refractivity contribution in [3.63, 3.8) is 0 Å². The molecule has 0 spiro atoms. The van der Waals surface area contributed by atoms with Gasteiger partial charge in [0.1, 0.15) is 0 Å². The summed E-state index contributed by atoms with van der Waals surface area (Å²) in [6, 6.07) is 3.85. The van der Waals surface area contributed by atoms with Gasteiger partial charge < -0.3 is 20.1 Å². The molecule has 0 aliphatic rings. The molecular weight excluding hydrogens is 296 g/mol. The molecule has 0 radical (unpaired) electrons. The van der Waals surface area contributed by atoms with E-state index in [1.54, 1.807) is 0 Å². The summed E-state index contributed by atoms with van der Waals surface area (Å²) in [6.07, 6.45) is 6.23. The van der Waals surface area contributed by atoms with Crippen LogP contribution in [0.3, 0.4) is 0 Å². The van der Waals surface area contributed by atoms with Gasteiger partial charge in [-0.3, -0.25) is 0 Å². The number of carboxylic acid groups (broad SMARTS) is 1. The Morgan fingerprint density at radius 3 is 2.35 bits per heavy atom. The Morgan fingerprint density at radius 2 is 1.87 bits per heavy atom. The minimum Gasteiger partial charge on any atom is -0.504 e. The molecule has 5 nitrogen and oxygen atoms in total. The van der Waals surface area contributed by atoms with E-state index < -0.39 is 5.97 Å². The fourth-order valence-electron chi connectivity index (χ4n) is 1.66. The van der Waals surface area contributed by atoms with Crippen molar-refractivity contribution in [2.75, 3.05) is 13.7 Å². The fraction of sp³-hybridized carbons (Fsp3) is 0.389. The first-order chi connectivity index (χ1) is 10.8. The van der Waals surface area contributed by atoms with Crippen molar-refractivity contribution in [3.8, 4) is 11.5 Å². The average molecular weight is 322 g/mol. The zero-order valence-corrected chi connectivity index (χ0v) is 14.2. The molecule has 1 rings (SSSR count). The van der Waals surface area contributed by atoms with E-state index in [9.17, 15) is 4.79 Å². The Balaban J connectivity index is 0.000000423. The van der Waals surface area contributed by atoms with Gasteiger partial charge in [0.05, 0.1) is 19.3 Å². The van der Waals surface area contributed by atoms with Gasteiger partial charge in [-0.15, -0.1) is 0 Å². The SMILES string of the molecule is CC(C)=CCCC(C)=CCO.COc1cc(C(=O)O)ccc1O. The van der Waals surface area contributed by atoms with Crippen LogP contribution in [0.1, 0.15) is 44.0 Å². The van der Waals surface area contributed by atoms with E-state index in [1.165, 1.54) is 36.5 Å². The van der Waals surface area contributed by atoms with Crippen molar-refractivity contribution in [2.24, 2.45) is 0 Å². The number of allylic oxidation sites excluding steroid dienone is 3. The number of hydrogen-bond donors (Lipinski definition) is 3. The molecule has 0 aliphatic carbocycles. The van der Waals surface area contributed by atoms with E-state index in [1.807, 2.05) is 6.08 Å². The lowest BCUT2D eigenvalue weighted by Crippen LogP contribution is -1.96. The number of carboxylic acids is 1. The molecule has 0 aliphatic heterocycles. The molecule has 23 heavy (non-hydrogen) atoms. The lowest BCUT2D eigenvalue weighted by molar-refractivity contribution is 0.0696. The van der Waals surface area contributed by atoms with Gasteiger partial charge in [0.25, 0.3) is 0 Å². The standard InChI is InChI=1S/C10H18O.C8H8O4/c1-9(2)5-4-6-10(3)7-8-11;1-12-7-4-5(8(10)11)2-3-6(7)9/h5,7,11H,4,6,8H2,1-3H3;2-4,9H,1H3,(H,10,11). The summed E-state index contributed by atoms with van der Waals surface area (Å²) >= 11 is 0. The number of benzene rings is 1. The normalized spacial score (nSPS) is 10.4. The second kappa shape index (κ2) is 11.3. The van der Waals surface area contributed by atoms with Crippen molar-refractivity contribution < 1.29 is 24.9 Å². The van der Waals surface area contributed by atoms with Crippen LogP contribution in [0.5, 0.6) is 11.5 Å². The van der Waals surface area contributed by atoms with E-state index in [2.05, 4.69) is 26.8 Å². The van der Waals surface area contributed by atoms with Gasteiger partial charge in [-0.2, -0.15) is 0 Å². The molecule has 0 unspecified atom stereocenters. The summed E-state index contributed by atoms with van der Waals surface area (Å²) < 4.78 is 4.72. The zero-order valence-electron chi connectivity index (χ0n) is 14.2. The van der Waals surface area contributed by atoms with Crippen molar-refractivity contribution in [2.45, 2.75) is 33.6 Å². The van der Waals surface area contributed by atoms with Crippen molar-refractivity contribution in [3.05, 3.63) is 47.1 Å². The van der Waals surface area contributed by atoms with Crippen molar-refractivity contribution in [1.29, 1.82) is 0 Å². The molecule has 0 bridgehead atoms. The molecule has 0 fully saturated rings. The smallest absolute Gasteiger partial charge is 0.335 e. The lowest BCUT2D eigenvalue weighted by Gasteiger charge is -2.02. The molecule has 5 heteroatoms. The van der Waals surface area contributed by atoms with Crippen LogP contribution in [0.2, 0.25) is 0 Å². The Kier molecular flexibility index (Phi) is 10.2. The maximum Gasteiger partial charge on any atom is 0.335 e. The van der Waals surface area contributed by atoms with Crippen LogP contribution in [0.25, 0.3) is 0 Å². The van der Waals surface area contributed by atoms with Gasteiger partial charge in [-0.25, -0.2) is 4.79 Å². The summed E-state index contributed by atoms with van der Waals surface area (Å²) in [5.41, 5.74) is 2.72. The number of carbonyl (C=O) groups is 1. The molecule has 0 saturated carbocycles. The third-order valence-electron chi connectivity index (χ3n) is 2.96. The van der Waals surface area contributed by atoms with Crippen molar-refractivity contribution in [1.82, 2.24) is 0 Å². The largest absolute Gasteiger partial charge is 0.504 e. The van der Waals surface area contributed by atoms with Gasteiger partial charge in [0, 0.05) is 0 Å². The minimum atomic E-state index is -1.05. The summed E-state index contributed by atoms with van der Waals surface area (Å²) in [7, 11) is 1.36. The van der Waals surface area contributed by atoms with Crippen LogP contribution < -0.4 is 4.74 Å². The van der Waals surface area contributed by atoms with Gasteiger partial charge >= 0.3 is 5.97 Å². The highest BCUT2D eigenvalue weighted by Crippen LogP contribution is 2.25. The minimum absolute atomic E-state index is 0.0671. The molecule has 128 valence electrons. The second-order valence-electron chi connectivity index (χ2n) is 5.24. The lowest BCUT2D eigenvalue weighted by atomic mass is 10.1. The highest BCUT2D eigenvalue weighted by molar-refractivity contribution is 5.88. The Bertz CT molecular complexity index is 555. The maximum absolute atomic E-state index is 10.4. The number of phenols is 1. The number of aromatic carboxylic acids is 1. The summed E-state index contributed by atoms with van der Waals surface area (Å²) in [4.78, 5) is 10.4. The van der Waals surface area contributed by atoms with Gasteiger partial charge in [-0.1, -0.05) is 23.3 Å². The predicted molar refractivity (Wildman–Crippen MR) is 91.1 cm³/mol. The molecule has 3 N–H and O–H groups in total.